The first kappa shape index (κ1) is 16.4. The Morgan fingerprint density at radius 1 is 1.36 bits per heavy atom. The summed E-state index contributed by atoms with van der Waals surface area (Å²) in [5.74, 6) is -1.05. The van der Waals surface area contributed by atoms with Gasteiger partial charge in [-0.15, -0.1) is 0 Å². The van der Waals surface area contributed by atoms with Crippen LogP contribution in [0.4, 0.5) is 4.39 Å². The van der Waals surface area contributed by atoms with Crippen LogP contribution < -0.4 is 5.32 Å². The number of benzene rings is 1. The molecule has 0 saturated carbocycles. The zero-order chi connectivity index (χ0) is 16.5. The van der Waals surface area contributed by atoms with E-state index < -0.39 is 23.5 Å². The van der Waals surface area contributed by atoms with Crippen LogP contribution in [0.3, 0.4) is 0 Å². The summed E-state index contributed by atoms with van der Waals surface area (Å²) >= 11 is 0. The van der Waals surface area contributed by atoms with Crippen LogP contribution in [0.2, 0.25) is 0 Å². The largest absolute Gasteiger partial charge is 0.391 e. The van der Waals surface area contributed by atoms with Gasteiger partial charge in [-0.1, -0.05) is 18.2 Å². The maximum absolute atomic E-state index is 13.9. The molecule has 0 bridgehead atoms. The third kappa shape index (κ3) is 3.27. The maximum atomic E-state index is 13.9. The molecule has 0 spiro atoms. The standard InChI is InChI=1S/C16H21FN2O3/c1-10(20)19-9-11(21)8-14(19)15(22)18-16(2,3)12-6-4-5-7-13(12)17/h4-7,11,14,21H,8-9H2,1-3H3,(H,18,22)/t11-,14-/m1/s1. The number of likely N-dealkylation sites (tertiary alicyclic amines) is 1. The minimum absolute atomic E-state index is 0.146. The van der Waals surface area contributed by atoms with Crippen LogP contribution in [0.25, 0.3) is 0 Å². The number of hydrogen-bond acceptors (Lipinski definition) is 3. The third-order valence-corrected chi connectivity index (χ3v) is 3.97. The van der Waals surface area contributed by atoms with Gasteiger partial charge in [0.2, 0.25) is 11.8 Å². The monoisotopic (exact) mass is 308 g/mol. The fourth-order valence-electron chi connectivity index (χ4n) is 2.84. The maximum Gasteiger partial charge on any atom is 0.243 e. The Labute approximate surface area is 129 Å². The van der Waals surface area contributed by atoms with Crippen LogP contribution in [-0.2, 0) is 15.1 Å². The van der Waals surface area contributed by atoms with Crippen LogP contribution >= 0.6 is 0 Å². The summed E-state index contributed by atoms with van der Waals surface area (Å²) in [6.45, 7) is 4.91. The van der Waals surface area contributed by atoms with Crippen molar-refractivity contribution in [2.45, 2.75) is 44.9 Å². The second kappa shape index (κ2) is 6.04. The second-order valence-corrected chi connectivity index (χ2v) is 6.17. The molecule has 2 N–H and O–H groups in total. The second-order valence-electron chi connectivity index (χ2n) is 6.17. The fraction of sp³-hybridized carbons (Fsp3) is 0.500. The van der Waals surface area contributed by atoms with E-state index in [1.807, 2.05) is 0 Å². The van der Waals surface area contributed by atoms with Crippen molar-refractivity contribution in [1.82, 2.24) is 10.2 Å². The minimum Gasteiger partial charge on any atom is -0.391 e. The molecule has 5 nitrogen and oxygen atoms in total. The summed E-state index contributed by atoms with van der Waals surface area (Å²) in [7, 11) is 0. The molecule has 120 valence electrons. The number of carbonyl (C=O) groups excluding carboxylic acids is 2. The van der Waals surface area contributed by atoms with E-state index in [4.69, 9.17) is 0 Å². The van der Waals surface area contributed by atoms with E-state index in [2.05, 4.69) is 5.32 Å². The topological polar surface area (TPSA) is 69.6 Å². The third-order valence-electron chi connectivity index (χ3n) is 3.97. The highest BCUT2D eigenvalue weighted by Gasteiger charge is 2.39. The summed E-state index contributed by atoms with van der Waals surface area (Å²) in [4.78, 5) is 25.4. The van der Waals surface area contributed by atoms with Gasteiger partial charge in [-0.25, -0.2) is 4.39 Å². The average molecular weight is 308 g/mol. The quantitative estimate of drug-likeness (QED) is 0.880. The van der Waals surface area contributed by atoms with Gasteiger partial charge in [-0.05, 0) is 19.9 Å². The molecule has 1 aromatic rings. The number of halogens is 1. The number of nitrogens with zero attached hydrogens (tertiary/aromatic N) is 1. The number of rotatable bonds is 3. The van der Waals surface area contributed by atoms with Crippen LogP contribution in [0.1, 0.15) is 32.8 Å². The molecule has 1 aliphatic heterocycles. The molecular formula is C16H21FN2O3. The predicted octanol–water partition coefficient (Wildman–Crippen LogP) is 1.16. The summed E-state index contributed by atoms with van der Waals surface area (Å²) in [6.07, 6.45) is -0.519. The van der Waals surface area contributed by atoms with E-state index in [0.717, 1.165) is 0 Å². The number of amides is 2. The number of nitrogens with one attached hydrogen (secondary N) is 1. The van der Waals surface area contributed by atoms with Crippen molar-refractivity contribution in [3.63, 3.8) is 0 Å². The molecule has 0 radical (unpaired) electrons. The Kier molecular flexibility index (Phi) is 4.51. The molecule has 2 rings (SSSR count). The Hall–Kier alpha value is -1.95. The minimum atomic E-state index is -0.918. The van der Waals surface area contributed by atoms with E-state index in [0.29, 0.717) is 5.56 Å². The Balaban J connectivity index is 2.17. The molecule has 0 unspecified atom stereocenters. The Morgan fingerprint density at radius 2 is 2.00 bits per heavy atom. The first-order valence-electron chi connectivity index (χ1n) is 7.24. The molecule has 22 heavy (non-hydrogen) atoms. The van der Waals surface area contributed by atoms with Crippen molar-refractivity contribution in [3.05, 3.63) is 35.6 Å². The number of carbonyl (C=O) groups is 2. The SMILES string of the molecule is CC(=O)N1C[C@H](O)C[C@@H]1C(=O)NC(C)(C)c1ccccc1F. The summed E-state index contributed by atoms with van der Waals surface area (Å²) in [5, 5.41) is 12.5. The molecule has 1 aromatic carbocycles. The van der Waals surface area contributed by atoms with Gasteiger partial charge in [0.05, 0.1) is 11.6 Å². The fourth-order valence-corrected chi connectivity index (χ4v) is 2.84. The summed E-state index contributed by atoms with van der Waals surface area (Å²) in [5.41, 5.74) is -0.547. The number of aliphatic hydroxyl groups excluding tert-OH is 1. The van der Waals surface area contributed by atoms with Gasteiger partial charge >= 0.3 is 0 Å². The van der Waals surface area contributed by atoms with Crippen LogP contribution in [0.15, 0.2) is 24.3 Å². The molecule has 6 heteroatoms. The van der Waals surface area contributed by atoms with Crippen molar-refractivity contribution in [2.24, 2.45) is 0 Å². The van der Waals surface area contributed by atoms with E-state index in [1.54, 1.807) is 32.0 Å². The molecule has 2 amide bonds. The van der Waals surface area contributed by atoms with Gasteiger partial charge in [0.15, 0.2) is 0 Å². The van der Waals surface area contributed by atoms with Crippen molar-refractivity contribution in [2.75, 3.05) is 6.54 Å². The predicted molar refractivity (Wildman–Crippen MR) is 79.4 cm³/mol. The highest BCUT2D eigenvalue weighted by atomic mass is 19.1. The number of hydrogen-bond donors (Lipinski definition) is 2. The Morgan fingerprint density at radius 3 is 2.59 bits per heavy atom. The van der Waals surface area contributed by atoms with Crippen molar-refractivity contribution >= 4 is 11.8 Å². The van der Waals surface area contributed by atoms with E-state index in [9.17, 15) is 19.1 Å². The van der Waals surface area contributed by atoms with Gasteiger partial charge in [0.1, 0.15) is 11.9 Å². The van der Waals surface area contributed by atoms with Crippen LogP contribution in [-0.4, -0.2) is 40.5 Å². The number of aliphatic hydroxyl groups is 1. The molecule has 1 aliphatic rings. The first-order valence-corrected chi connectivity index (χ1v) is 7.24. The van der Waals surface area contributed by atoms with Crippen molar-refractivity contribution in [1.29, 1.82) is 0 Å². The lowest BCUT2D eigenvalue weighted by Crippen LogP contribution is -2.51. The highest BCUT2D eigenvalue weighted by Crippen LogP contribution is 2.25. The first-order chi connectivity index (χ1) is 10.2. The van der Waals surface area contributed by atoms with E-state index in [1.165, 1.54) is 17.9 Å². The van der Waals surface area contributed by atoms with Crippen molar-refractivity contribution < 1.29 is 19.1 Å². The van der Waals surface area contributed by atoms with Gasteiger partial charge in [-0.3, -0.25) is 9.59 Å². The lowest BCUT2D eigenvalue weighted by atomic mass is 9.93. The van der Waals surface area contributed by atoms with E-state index in [-0.39, 0.29) is 24.8 Å². The highest BCUT2D eigenvalue weighted by molar-refractivity contribution is 5.88. The number of β-amino-alcohol motifs (C(OH)–C–C–N with tert-alkyl or cyclic N) is 1. The van der Waals surface area contributed by atoms with Crippen LogP contribution in [0, 0.1) is 5.82 Å². The zero-order valence-corrected chi connectivity index (χ0v) is 13.0. The molecule has 0 aliphatic carbocycles. The zero-order valence-electron chi connectivity index (χ0n) is 13.0. The molecular weight excluding hydrogens is 287 g/mol. The molecule has 1 fully saturated rings. The molecule has 0 aromatic heterocycles. The molecule has 2 atom stereocenters. The lowest BCUT2D eigenvalue weighted by Gasteiger charge is -2.31. The Bertz CT molecular complexity index is 589. The van der Waals surface area contributed by atoms with E-state index >= 15 is 0 Å². The van der Waals surface area contributed by atoms with Gasteiger partial charge in [0, 0.05) is 25.5 Å². The van der Waals surface area contributed by atoms with Gasteiger partial charge < -0.3 is 15.3 Å². The molecule has 1 heterocycles. The smallest absolute Gasteiger partial charge is 0.243 e. The normalized spacial score (nSPS) is 21.8. The summed E-state index contributed by atoms with van der Waals surface area (Å²) in [6, 6.07) is 5.51. The molecule has 1 saturated heterocycles. The van der Waals surface area contributed by atoms with Crippen LogP contribution in [0.5, 0.6) is 0 Å². The van der Waals surface area contributed by atoms with Gasteiger partial charge in [0.25, 0.3) is 0 Å². The van der Waals surface area contributed by atoms with Crippen molar-refractivity contribution in [3.8, 4) is 0 Å². The summed E-state index contributed by atoms with van der Waals surface area (Å²) < 4.78 is 13.9. The van der Waals surface area contributed by atoms with Gasteiger partial charge in [-0.2, -0.15) is 0 Å². The average Bonchev–Trinajstić information content (AvgIpc) is 2.81. The lowest BCUT2D eigenvalue weighted by molar-refractivity contribution is -0.137.